The van der Waals surface area contributed by atoms with E-state index in [1.807, 2.05) is 0 Å². The largest absolute Gasteiger partial charge is 0.412 e. The van der Waals surface area contributed by atoms with Crippen molar-refractivity contribution >= 4 is 21.9 Å². The maximum atomic E-state index is 11.0. The van der Waals surface area contributed by atoms with Crippen LogP contribution in [0.2, 0.25) is 18.1 Å². The van der Waals surface area contributed by atoms with Crippen molar-refractivity contribution in [3.8, 4) is 0 Å². The predicted molar refractivity (Wildman–Crippen MR) is 85.2 cm³/mol. The third-order valence-corrected chi connectivity index (χ3v) is 10.1. The molecule has 2 bridgehead atoms. The van der Waals surface area contributed by atoms with Gasteiger partial charge in [-0.2, -0.15) is 0 Å². The van der Waals surface area contributed by atoms with Gasteiger partial charge in [-0.3, -0.25) is 0 Å². The fraction of sp³-hybridized carbons (Fsp3) is 0.929. The van der Waals surface area contributed by atoms with E-state index >= 15 is 0 Å². The molecule has 2 aliphatic heterocycles. The van der Waals surface area contributed by atoms with Crippen LogP contribution < -0.4 is 0 Å². The standard InChI is InChI=1S/C14H28BNO3Si/c1-13(2,3)20(5,6)19-12-9-14(18-4)8-7-11(12)16(14)15-10-17/h10-12,15H,7-9H2,1-6H3. The Balaban J connectivity index is 2.15. The number of nitrogens with zero attached hydrogens (tertiary/aromatic N) is 1. The highest BCUT2D eigenvalue weighted by molar-refractivity contribution is 6.74. The third-order valence-electron chi connectivity index (χ3n) is 5.61. The minimum absolute atomic E-state index is 0.213. The third kappa shape index (κ3) is 2.51. The second kappa shape index (κ2) is 5.23. The van der Waals surface area contributed by atoms with Gasteiger partial charge in [0, 0.05) is 19.6 Å². The van der Waals surface area contributed by atoms with Crippen LogP contribution in [0.4, 0.5) is 0 Å². The first-order valence-electron chi connectivity index (χ1n) is 7.60. The lowest BCUT2D eigenvalue weighted by molar-refractivity contribution is -0.0679. The summed E-state index contributed by atoms with van der Waals surface area (Å²) in [5, 5.41) is 0.213. The number of carbonyl (C=O) groups is 1. The van der Waals surface area contributed by atoms with Gasteiger partial charge in [0.2, 0.25) is 0 Å². The Hall–Kier alpha value is -0.168. The molecule has 4 nitrogen and oxygen atoms in total. The van der Waals surface area contributed by atoms with Crippen LogP contribution in [-0.2, 0) is 14.0 Å². The SMILES string of the molecule is COC12CCC(C(O[Si](C)(C)C(C)(C)C)C1)N2BC=O. The summed E-state index contributed by atoms with van der Waals surface area (Å²) in [7, 11) is 0.437. The molecule has 0 N–H and O–H groups in total. The quantitative estimate of drug-likeness (QED) is 0.575. The molecule has 0 radical (unpaired) electrons. The summed E-state index contributed by atoms with van der Waals surface area (Å²) in [5.41, 5.74) is -0.265. The van der Waals surface area contributed by atoms with Gasteiger partial charge in [-0.05, 0) is 31.0 Å². The summed E-state index contributed by atoms with van der Waals surface area (Å²) in [6, 6.07) is 0.342. The summed E-state index contributed by atoms with van der Waals surface area (Å²) in [6.45, 7) is 11.4. The lowest BCUT2D eigenvalue weighted by Gasteiger charge is -2.40. The van der Waals surface area contributed by atoms with Gasteiger partial charge in [0.05, 0.1) is 12.3 Å². The van der Waals surface area contributed by atoms with E-state index < -0.39 is 8.32 Å². The zero-order valence-electron chi connectivity index (χ0n) is 13.7. The highest BCUT2D eigenvalue weighted by Gasteiger charge is 2.58. The molecule has 0 saturated carbocycles. The number of ether oxygens (including phenoxy) is 1. The van der Waals surface area contributed by atoms with Crippen LogP contribution in [0.5, 0.6) is 0 Å². The Kier molecular flexibility index (Phi) is 4.24. The summed E-state index contributed by atoms with van der Waals surface area (Å²) < 4.78 is 12.4. The number of carbonyl (C=O) groups excluding carboxylic acids is 1. The molecular weight excluding hydrogens is 269 g/mol. The molecule has 0 aromatic rings. The number of fused-ring (bicyclic) bond motifs is 2. The van der Waals surface area contributed by atoms with Crippen LogP contribution in [0, 0.1) is 0 Å². The van der Waals surface area contributed by atoms with Gasteiger partial charge in [0.1, 0.15) is 5.72 Å². The zero-order valence-corrected chi connectivity index (χ0v) is 14.7. The fourth-order valence-corrected chi connectivity index (χ4v) is 4.74. The van der Waals surface area contributed by atoms with Crippen LogP contribution in [0.25, 0.3) is 0 Å². The maximum absolute atomic E-state index is 11.0. The highest BCUT2D eigenvalue weighted by Crippen LogP contribution is 2.49. The molecule has 0 amide bonds. The second-order valence-corrected chi connectivity index (χ2v) is 12.5. The van der Waals surface area contributed by atoms with Crippen molar-refractivity contribution in [3.63, 3.8) is 0 Å². The number of hydrogen-bond acceptors (Lipinski definition) is 4. The maximum Gasteiger partial charge on any atom is 0.283 e. The molecule has 3 atom stereocenters. The molecule has 2 fully saturated rings. The first kappa shape index (κ1) is 16.2. The number of rotatable bonds is 5. The molecule has 0 spiro atoms. The monoisotopic (exact) mass is 297 g/mol. The minimum Gasteiger partial charge on any atom is -0.412 e. The average Bonchev–Trinajstić information content (AvgIpc) is 2.80. The van der Waals surface area contributed by atoms with Gasteiger partial charge in [-0.25, -0.2) is 0 Å². The summed E-state index contributed by atoms with van der Waals surface area (Å²) in [5.74, 6) is 0. The van der Waals surface area contributed by atoms with E-state index in [0.29, 0.717) is 13.5 Å². The summed E-state index contributed by atoms with van der Waals surface area (Å²) in [4.78, 5) is 13.2. The molecule has 2 saturated heterocycles. The topological polar surface area (TPSA) is 38.8 Å². The average molecular weight is 297 g/mol. The van der Waals surface area contributed by atoms with E-state index in [4.69, 9.17) is 9.16 Å². The van der Waals surface area contributed by atoms with Crippen molar-refractivity contribution in [2.75, 3.05) is 7.11 Å². The van der Waals surface area contributed by atoms with Crippen molar-refractivity contribution in [2.45, 2.75) is 76.0 Å². The molecule has 0 aliphatic carbocycles. The van der Waals surface area contributed by atoms with Crippen molar-refractivity contribution < 1.29 is 14.0 Å². The molecule has 20 heavy (non-hydrogen) atoms. The van der Waals surface area contributed by atoms with Gasteiger partial charge >= 0.3 is 0 Å². The van der Waals surface area contributed by atoms with Crippen LogP contribution in [0.3, 0.4) is 0 Å². The molecule has 2 rings (SSSR count). The fourth-order valence-electron chi connectivity index (χ4n) is 3.39. The molecular formula is C14H28BNO3Si. The highest BCUT2D eigenvalue weighted by atomic mass is 28.4. The lowest BCUT2D eigenvalue weighted by Crippen LogP contribution is -2.47. The van der Waals surface area contributed by atoms with Crippen molar-refractivity contribution in [1.29, 1.82) is 0 Å². The Morgan fingerprint density at radius 3 is 2.55 bits per heavy atom. The van der Waals surface area contributed by atoms with Gasteiger partial charge < -0.3 is 18.8 Å². The van der Waals surface area contributed by atoms with Crippen LogP contribution in [0.1, 0.15) is 40.0 Å². The smallest absolute Gasteiger partial charge is 0.283 e. The van der Waals surface area contributed by atoms with Gasteiger partial charge in [-0.15, -0.1) is 0 Å². The normalized spacial score (nSPS) is 34.5. The van der Waals surface area contributed by atoms with E-state index in [-0.39, 0.29) is 16.9 Å². The van der Waals surface area contributed by atoms with Gasteiger partial charge in [0.25, 0.3) is 7.41 Å². The van der Waals surface area contributed by atoms with E-state index in [0.717, 1.165) is 25.4 Å². The second-order valence-electron chi connectivity index (χ2n) is 7.70. The van der Waals surface area contributed by atoms with Crippen LogP contribution in [-0.4, -0.2) is 51.7 Å². The summed E-state index contributed by atoms with van der Waals surface area (Å²) in [6.07, 6.45) is 4.18. The Labute approximate surface area is 124 Å². The molecule has 0 aromatic carbocycles. The number of methoxy groups -OCH3 is 1. The van der Waals surface area contributed by atoms with Crippen molar-refractivity contribution in [1.82, 2.24) is 4.81 Å². The first-order chi connectivity index (χ1) is 9.17. The molecule has 2 heterocycles. The molecule has 3 unspecified atom stereocenters. The number of hydrogen-bond donors (Lipinski definition) is 0. The molecule has 114 valence electrons. The first-order valence-corrected chi connectivity index (χ1v) is 10.5. The van der Waals surface area contributed by atoms with Crippen LogP contribution in [0.15, 0.2) is 0 Å². The molecule has 2 aliphatic rings. The Morgan fingerprint density at radius 1 is 1.40 bits per heavy atom. The van der Waals surface area contributed by atoms with Crippen molar-refractivity contribution in [2.24, 2.45) is 0 Å². The molecule has 6 heteroatoms. The summed E-state index contributed by atoms with van der Waals surface area (Å²) >= 11 is 0. The van der Waals surface area contributed by atoms with Gasteiger partial charge in [-0.1, -0.05) is 20.8 Å². The van der Waals surface area contributed by atoms with E-state index in [1.54, 1.807) is 7.11 Å². The lowest BCUT2D eigenvalue weighted by atomic mass is 9.92. The van der Waals surface area contributed by atoms with E-state index in [9.17, 15) is 4.79 Å². The molecule has 0 aromatic heterocycles. The van der Waals surface area contributed by atoms with E-state index in [1.165, 1.54) is 0 Å². The van der Waals surface area contributed by atoms with Crippen molar-refractivity contribution in [3.05, 3.63) is 0 Å². The predicted octanol–water partition coefficient (Wildman–Crippen LogP) is 2.13. The minimum atomic E-state index is -1.78. The Morgan fingerprint density at radius 2 is 2.05 bits per heavy atom. The zero-order chi connectivity index (χ0) is 15.2. The van der Waals surface area contributed by atoms with Gasteiger partial charge in [0.15, 0.2) is 8.32 Å². The van der Waals surface area contributed by atoms with Crippen LogP contribution >= 0.6 is 0 Å². The van der Waals surface area contributed by atoms with E-state index in [2.05, 4.69) is 38.7 Å². The Bertz CT molecular complexity index is 385.